The first-order chi connectivity index (χ1) is 9.74. The lowest BCUT2D eigenvalue weighted by molar-refractivity contribution is -0.118. The molecule has 1 aromatic carbocycles. The third-order valence-electron chi connectivity index (χ3n) is 3.66. The summed E-state index contributed by atoms with van der Waals surface area (Å²) in [4.78, 5) is 14.3. The molecule has 1 aromatic rings. The van der Waals surface area contributed by atoms with Gasteiger partial charge in [0.05, 0.1) is 6.07 Å². The van der Waals surface area contributed by atoms with Crippen LogP contribution in [-0.4, -0.2) is 19.0 Å². The molecule has 0 aromatic heterocycles. The van der Waals surface area contributed by atoms with E-state index >= 15 is 0 Å². The minimum atomic E-state index is -0.557. The van der Waals surface area contributed by atoms with Gasteiger partial charge in [0, 0.05) is 24.5 Å². The molecule has 0 saturated carbocycles. The Morgan fingerprint density at radius 1 is 1.35 bits per heavy atom. The molecule has 4 heteroatoms. The monoisotopic (exact) mass is 271 g/mol. The highest BCUT2D eigenvalue weighted by Crippen LogP contribution is 2.22. The minimum Gasteiger partial charge on any atom is -0.372 e. The Hall–Kier alpha value is -2.02. The fourth-order valence-corrected chi connectivity index (χ4v) is 2.50. The van der Waals surface area contributed by atoms with E-state index in [1.54, 1.807) is 0 Å². The molecule has 1 amide bonds. The summed E-state index contributed by atoms with van der Waals surface area (Å²) in [6.07, 6.45) is 3.94. The first-order valence-corrected chi connectivity index (χ1v) is 7.30. The van der Waals surface area contributed by atoms with E-state index < -0.39 is 5.92 Å². The molecule has 106 valence electrons. The van der Waals surface area contributed by atoms with Crippen LogP contribution >= 0.6 is 0 Å². The minimum absolute atomic E-state index is 0.205. The van der Waals surface area contributed by atoms with Crippen molar-refractivity contribution >= 4 is 17.3 Å². The summed E-state index contributed by atoms with van der Waals surface area (Å²) in [6.45, 7) is 4.19. The molecule has 0 bridgehead atoms. The highest BCUT2D eigenvalue weighted by Gasteiger charge is 2.17. The van der Waals surface area contributed by atoms with Crippen molar-refractivity contribution in [2.24, 2.45) is 5.92 Å². The number of nitriles is 1. The van der Waals surface area contributed by atoms with Gasteiger partial charge in [-0.25, -0.2) is 0 Å². The van der Waals surface area contributed by atoms with E-state index in [-0.39, 0.29) is 5.91 Å². The van der Waals surface area contributed by atoms with Gasteiger partial charge in [-0.15, -0.1) is 0 Å². The van der Waals surface area contributed by atoms with Gasteiger partial charge in [-0.05, 0) is 43.5 Å². The fraction of sp³-hybridized carbons (Fsp3) is 0.500. The molecule has 1 atom stereocenters. The van der Waals surface area contributed by atoms with E-state index in [2.05, 4.69) is 16.3 Å². The molecule has 1 unspecified atom stereocenters. The number of carbonyl (C=O) groups excluding carboxylic acids is 1. The maximum atomic E-state index is 11.9. The van der Waals surface area contributed by atoms with Gasteiger partial charge < -0.3 is 10.2 Å². The third-order valence-corrected chi connectivity index (χ3v) is 3.66. The highest BCUT2D eigenvalue weighted by molar-refractivity contribution is 5.94. The van der Waals surface area contributed by atoms with Crippen LogP contribution in [0.3, 0.4) is 0 Å². The van der Waals surface area contributed by atoms with Crippen molar-refractivity contribution in [2.45, 2.75) is 32.6 Å². The van der Waals surface area contributed by atoms with Gasteiger partial charge in [-0.2, -0.15) is 5.26 Å². The molecule has 1 aliphatic rings. The number of hydrogen-bond donors (Lipinski definition) is 1. The largest absolute Gasteiger partial charge is 0.372 e. The summed E-state index contributed by atoms with van der Waals surface area (Å²) in [5.41, 5.74) is 1.96. The molecule has 20 heavy (non-hydrogen) atoms. The number of benzene rings is 1. The molecule has 1 N–H and O–H groups in total. The molecule has 4 nitrogen and oxygen atoms in total. The standard InChI is InChI=1S/C16H21N3O/c1-2-5-13(12-17)16(20)18-14-6-8-15(9-7-14)19-10-3-4-11-19/h6-9,13H,2-5,10-11H2,1H3,(H,18,20). The quantitative estimate of drug-likeness (QED) is 0.895. The Balaban J connectivity index is 1.96. The zero-order valence-electron chi connectivity index (χ0n) is 11.9. The summed E-state index contributed by atoms with van der Waals surface area (Å²) >= 11 is 0. The zero-order valence-corrected chi connectivity index (χ0v) is 11.9. The molecule has 1 fully saturated rings. The molecule has 1 saturated heterocycles. The Morgan fingerprint density at radius 2 is 2.00 bits per heavy atom. The number of hydrogen-bond acceptors (Lipinski definition) is 3. The molecule has 1 heterocycles. The molecular formula is C16H21N3O. The second-order valence-corrected chi connectivity index (χ2v) is 5.20. The van der Waals surface area contributed by atoms with E-state index in [1.165, 1.54) is 18.5 Å². The first kappa shape index (κ1) is 14.4. The van der Waals surface area contributed by atoms with Crippen LogP contribution in [0.1, 0.15) is 32.6 Å². The Kier molecular flexibility index (Phi) is 5.00. The van der Waals surface area contributed by atoms with Gasteiger partial charge in [0.2, 0.25) is 5.91 Å². The van der Waals surface area contributed by atoms with E-state index in [0.717, 1.165) is 25.2 Å². The second kappa shape index (κ2) is 6.95. The van der Waals surface area contributed by atoms with Crippen LogP contribution in [0.25, 0.3) is 0 Å². The van der Waals surface area contributed by atoms with Crippen molar-refractivity contribution in [2.75, 3.05) is 23.3 Å². The average Bonchev–Trinajstić information content (AvgIpc) is 2.99. The molecule has 2 rings (SSSR count). The van der Waals surface area contributed by atoms with Gasteiger partial charge in [0.25, 0.3) is 0 Å². The van der Waals surface area contributed by atoms with Crippen molar-refractivity contribution in [3.8, 4) is 6.07 Å². The second-order valence-electron chi connectivity index (χ2n) is 5.20. The summed E-state index contributed by atoms with van der Waals surface area (Å²) in [5.74, 6) is -0.762. The SMILES string of the molecule is CCCC(C#N)C(=O)Nc1ccc(N2CCCC2)cc1. The third kappa shape index (κ3) is 3.51. The van der Waals surface area contributed by atoms with Crippen LogP contribution < -0.4 is 10.2 Å². The summed E-state index contributed by atoms with van der Waals surface area (Å²) < 4.78 is 0. The Bertz CT molecular complexity index is 483. The zero-order chi connectivity index (χ0) is 14.4. The predicted octanol–water partition coefficient (Wildman–Crippen LogP) is 3.17. The number of carbonyl (C=O) groups is 1. The Labute approximate surface area is 120 Å². The predicted molar refractivity (Wildman–Crippen MR) is 80.5 cm³/mol. The van der Waals surface area contributed by atoms with E-state index in [4.69, 9.17) is 5.26 Å². The van der Waals surface area contributed by atoms with Crippen molar-refractivity contribution in [3.05, 3.63) is 24.3 Å². The van der Waals surface area contributed by atoms with Gasteiger partial charge in [-0.1, -0.05) is 13.3 Å². The molecule has 0 spiro atoms. The number of nitrogens with zero attached hydrogens (tertiary/aromatic N) is 2. The van der Waals surface area contributed by atoms with E-state index in [9.17, 15) is 4.79 Å². The molecule has 0 aliphatic carbocycles. The van der Waals surface area contributed by atoms with Gasteiger partial charge in [0.1, 0.15) is 5.92 Å². The van der Waals surface area contributed by atoms with Crippen LogP contribution in [0.4, 0.5) is 11.4 Å². The lowest BCUT2D eigenvalue weighted by atomic mass is 10.0. The normalized spacial score (nSPS) is 15.7. The van der Waals surface area contributed by atoms with E-state index in [1.807, 2.05) is 31.2 Å². The Morgan fingerprint density at radius 3 is 2.55 bits per heavy atom. The summed E-state index contributed by atoms with van der Waals surface area (Å²) in [7, 11) is 0. The average molecular weight is 271 g/mol. The molecule has 1 aliphatic heterocycles. The molecular weight excluding hydrogens is 250 g/mol. The van der Waals surface area contributed by atoms with Crippen LogP contribution in [-0.2, 0) is 4.79 Å². The van der Waals surface area contributed by atoms with Gasteiger partial charge in [0.15, 0.2) is 0 Å². The lowest BCUT2D eigenvalue weighted by Gasteiger charge is -2.18. The highest BCUT2D eigenvalue weighted by atomic mass is 16.1. The van der Waals surface area contributed by atoms with Gasteiger partial charge in [-0.3, -0.25) is 4.79 Å². The van der Waals surface area contributed by atoms with Crippen molar-refractivity contribution in [3.63, 3.8) is 0 Å². The maximum absolute atomic E-state index is 11.9. The fourth-order valence-electron chi connectivity index (χ4n) is 2.50. The van der Waals surface area contributed by atoms with Crippen molar-refractivity contribution in [1.29, 1.82) is 5.26 Å². The summed E-state index contributed by atoms with van der Waals surface area (Å²) in [6, 6.07) is 9.94. The first-order valence-electron chi connectivity index (χ1n) is 7.30. The van der Waals surface area contributed by atoms with Crippen LogP contribution in [0.2, 0.25) is 0 Å². The smallest absolute Gasteiger partial charge is 0.241 e. The molecule has 0 radical (unpaired) electrons. The van der Waals surface area contributed by atoms with Crippen LogP contribution in [0.15, 0.2) is 24.3 Å². The lowest BCUT2D eigenvalue weighted by Crippen LogP contribution is -2.21. The number of nitrogens with one attached hydrogen (secondary N) is 1. The van der Waals surface area contributed by atoms with E-state index in [0.29, 0.717) is 6.42 Å². The summed E-state index contributed by atoms with van der Waals surface area (Å²) in [5, 5.41) is 11.8. The topological polar surface area (TPSA) is 56.1 Å². The number of amides is 1. The maximum Gasteiger partial charge on any atom is 0.241 e. The number of anilines is 2. The van der Waals surface area contributed by atoms with Crippen molar-refractivity contribution < 1.29 is 4.79 Å². The van der Waals surface area contributed by atoms with Crippen molar-refractivity contribution in [1.82, 2.24) is 0 Å². The van der Waals surface area contributed by atoms with Gasteiger partial charge >= 0.3 is 0 Å². The van der Waals surface area contributed by atoms with Crippen LogP contribution in [0, 0.1) is 17.2 Å². The van der Waals surface area contributed by atoms with Crippen LogP contribution in [0.5, 0.6) is 0 Å². The number of rotatable bonds is 5.